The maximum absolute atomic E-state index is 13.2. The number of carbonyl (C=O) groups is 1. The molecule has 1 aliphatic rings. The van der Waals surface area contributed by atoms with E-state index in [-0.39, 0.29) is 17.5 Å². The first-order valence-corrected chi connectivity index (χ1v) is 5.86. The third-order valence-corrected chi connectivity index (χ3v) is 3.06. The second kappa shape index (κ2) is 4.68. The van der Waals surface area contributed by atoms with Gasteiger partial charge in [-0.15, -0.1) is 0 Å². The van der Waals surface area contributed by atoms with E-state index in [1.807, 2.05) is 13.8 Å². The Morgan fingerprint density at radius 1 is 1.21 bits per heavy atom. The van der Waals surface area contributed by atoms with E-state index < -0.39 is 23.4 Å². The highest BCUT2D eigenvalue weighted by Crippen LogP contribution is 2.29. The molecule has 102 valence electrons. The zero-order valence-electron chi connectivity index (χ0n) is 10.7. The lowest BCUT2D eigenvalue weighted by Gasteiger charge is -2.16. The summed E-state index contributed by atoms with van der Waals surface area (Å²) in [6.45, 7) is 5.40. The zero-order valence-corrected chi connectivity index (χ0v) is 10.7. The van der Waals surface area contributed by atoms with Crippen molar-refractivity contribution in [1.82, 2.24) is 0 Å². The molecule has 0 spiro atoms. The SMILES string of the molecule is CC1=NN(c2cc(F)c(F)c(F)c2)C(=O)C1C(C)C. The molecule has 1 heterocycles. The Hall–Kier alpha value is -1.85. The number of hydrogen-bond donors (Lipinski definition) is 0. The van der Waals surface area contributed by atoms with Crippen molar-refractivity contribution in [1.29, 1.82) is 0 Å². The van der Waals surface area contributed by atoms with Crippen LogP contribution in [0.2, 0.25) is 0 Å². The van der Waals surface area contributed by atoms with Gasteiger partial charge in [0, 0.05) is 17.8 Å². The van der Waals surface area contributed by atoms with Gasteiger partial charge in [0.1, 0.15) is 0 Å². The molecule has 1 aromatic carbocycles. The van der Waals surface area contributed by atoms with Crippen molar-refractivity contribution in [3.63, 3.8) is 0 Å². The van der Waals surface area contributed by atoms with Crippen molar-refractivity contribution in [2.75, 3.05) is 5.01 Å². The predicted molar refractivity (Wildman–Crippen MR) is 65.2 cm³/mol. The van der Waals surface area contributed by atoms with Crippen molar-refractivity contribution >= 4 is 17.3 Å². The van der Waals surface area contributed by atoms with Gasteiger partial charge in [0.05, 0.1) is 11.6 Å². The fourth-order valence-corrected chi connectivity index (χ4v) is 2.20. The normalized spacial score (nSPS) is 19.3. The highest BCUT2D eigenvalue weighted by atomic mass is 19.2. The van der Waals surface area contributed by atoms with E-state index in [0.29, 0.717) is 5.71 Å². The molecular formula is C13H13F3N2O. The quantitative estimate of drug-likeness (QED) is 0.760. The molecule has 2 rings (SSSR count). The van der Waals surface area contributed by atoms with Gasteiger partial charge >= 0.3 is 0 Å². The zero-order chi connectivity index (χ0) is 14.3. The second-order valence-corrected chi connectivity index (χ2v) is 4.84. The highest BCUT2D eigenvalue weighted by molar-refractivity contribution is 6.14. The summed E-state index contributed by atoms with van der Waals surface area (Å²) in [6.07, 6.45) is 0. The molecule has 1 aromatic rings. The van der Waals surface area contributed by atoms with E-state index >= 15 is 0 Å². The van der Waals surface area contributed by atoms with Crippen LogP contribution in [0, 0.1) is 29.3 Å². The fraction of sp³-hybridized carbons (Fsp3) is 0.385. The minimum absolute atomic E-state index is 0.0244. The lowest BCUT2D eigenvalue weighted by Crippen LogP contribution is -2.30. The highest BCUT2D eigenvalue weighted by Gasteiger charge is 2.36. The molecule has 3 nitrogen and oxygen atoms in total. The minimum Gasteiger partial charge on any atom is -0.272 e. The first kappa shape index (κ1) is 13.6. The molecule has 1 amide bonds. The van der Waals surface area contributed by atoms with Crippen molar-refractivity contribution < 1.29 is 18.0 Å². The van der Waals surface area contributed by atoms with Crippen LogP contribution in [0.3, 0.4) is 0 Å². The molecule has 1 unspecified atom stereocenters. The maximum Gasteiger partial charge on any atom is 0.256 e. The number of anilines is 1. The number of nitrogens with zero attached hydrogens (tertiary/aromatic N) is 2. The van der Waals surface area contributed by atoms with Crippen LogP contribution in [-0.4, -0.2) is 11.6 Å². The molecule has 0 bridgehead atoms. The van der Waals surface area contributed by atoms with Crippen LogP contribution in [0.15, 0.2) is 17.2 Å². The Morgan fingerprint density at radius 2 is 1.74 bits per heavy atom. The number of halogens is 3. The van der Waals surface area contributed by atoms with Crippen molar-refractivity contribution in [2.45, 2.75) is 20.8 Å². The number of hydrazone groups is 1. The summed E-state index contributed by atoms with van der Waals surface area (Å²) < 4.78 is 39.2. The van der Waals surface area contributed by atoms with Crippen LogP contribution < -0.4 is 5.01 Å². The standard InChI is InChI=1S/C13H13F3N2O/c1-6(2)11-7(3)17-18(13(11)19)8-4-9(14)12(16)10(15)5-8/h4-6,11H,1-3H3. The van der Waals surface area contributed by atoms with Crippen LogP contribution >= 0.6 is 0 Å². The van der Waals surface area contributed by atoms with Gasteiger partial charge < -0.3 is 0 Å². The Labute approximate surface area is 108 Å². The number of hydrogen-bond acceptors (Lipinski definition) is 2. The Bertz CT molecular complexity index is 546. The molecule has 0 saturated carbocycles. The molecule has 19 heavy (non-hydrogen) atoms. The molecule has 1 atom stereocenters. The first-order chi connectivity index (χ1) is 8.82. The summed E-state index contributed by atoms with van der Waals surface area (Å²) >= 11 is 0. The Kier molecular flexibility index (Phi) is 3.34. The average Bonchev–Trinajstić information content (AvgIpc) is 2.61. The summed E-state index contributed by atoms with van der Waals surface area (Å²) in [5, 5.41) is 4.92. The van der Waals surface area contributed by atoms with Crippen LogP contribution in [-0.2, 0) is 4.79 Å². The lowest BCUT2D eigenvalue weighted by atomic mass is 9.92. The van der Waals surface area contributed by atoms with Crippen LogP contribution in [0.5, 0.6) is 0 Å². The first-order valence-electron chi connectivity index (χ1n) is 5.86. The Morgan fingerprint density at radius 3 is 2.16 bits per heavy atom. The number of benzene rings is 1. The van der Waals surface area contributed by atoms with E-state index in [9.17, 15) is 18.0 Å². The van der Waals surface area contributed by atoms with Gasteiger partial charge in [-0.3, -0.25) is 4.79 Å². The van der Waals surface area contributed by atoms with Crippen molar-refractivity contribution in [3.8, 4) is 0 Å². The third-order valence-electron chi connectivity index (χ3n) is 3.06. The number of amides is 1. The van der Waals surface area contributed by atoms with Gasteiger partial charge in [-0.1, -0.05) is 13.8 Å². The summed E-state index contributed by atoms with van der Waals surface area (Å²) in [5.41, 5.74) is 0.467. The molecule has 0 saturated heterocycles. The molecular weight excluding hydrogens is 257 g/mol. The van der Waals surface area contributed by atoms with Gasteiger partial charge in [0.2, 0.25) is 0 Å². The van der Waals surface area contributed by atoms with E-state index in [0.717, 1.165) is 17.1 Å². The molecule has 0 radical (unpaired) electrons. The van der Waals surface area contributed by atoms with E-state index in [2.05, 4.69) is 5.10 Å². The van der Waals surface area contributed by atoms with Crippen molar-refractivity contribution in [3.05, 3.63) is 29.6 Å². The van der Waals surface area contributed by atoms with Gasteiger partial charge in [-0.2, -0.15) is 5.10 Å². The molecule has 0 aromatic heterocycles. The van der Waals surface area contributed by atoms with E-state index in [1.165, 1.54) is 0 Å². The third kappa shape index (κ3) is 2.22. The fourth-order valence-electron chi connectivity index (χ4n) is 2.20. The van der Waals surface area contributed by atoms with Crippen LogP contribution in [0.1, 0.15) is 20.8 Å². The topological polar surface area (TPSA) is 32.7 Å². The largest absolute Gasteiger partial charge is 0.272 e. The van der Waals surface area contributed by atoms with Crippen LogP contribution in [0.25, 0.3) is 0 Å². The maximum atomic E-state index is 13.2. The number of carbonyl (C=O) groups excluding carboxylic acids is 1. The molecule has 0 aliphatic carbocycles. The molecule has 0 fully saturated rings. The number of rotatable bonds is 2. The lowest BCUT2D eigenvalue weighted by molar-refractivity contribution is -0.120. The summed E-state index contributed by atoms with van der Waals surface area (Å²) in [6, 6.07) is 1.52. The van der Waals surface area contributed by atoms with Crippen LogP contribution in [0.4, 0.5) is 18.9 Å². The monoisotopic (exact) mass is 270 g/mol. The summed E-state index contributed by atoms with van der Waals surface area (Å²) in [7, 11) is 0. The molecule has 1 aliphatic heterocycles. The van der Waals surface area contributed by atoms with Gasteiger partial charge in [-0.05, 0) is 12.8 Å². The second-order valence-electron chi connectivity index (χ2n) is 4.84. The van der Waals surface area contributed by atoms with E-state index in [4.69, 9.17) is 0 Å². The van der Waals surface area contributed by atoms with E-state index in [1.54, 1.807) is 6.92 Å². The summed E-state index contributed by atoms with van der Waals surface area (Å²) in [5.74, 6) is -5.01. The smallest absolute Gasteiger partial charge is 0.256 e. The Balaban J connectivity index is 2.42. The average molecular weight is 270 g/mol. The van der Waals surface area contributed by atoms with Crippen molar-refractivity contribution in [2.24, 2.45) is 16.9 Å². The molecule has 6 heteroatoms. The summed E-state index contributed by atoms with van der Waals surface area (Å²) in [4.78, 5) is 12.1. The van der Waals surface area contributed by atoms with Gasteiger partial charge in [0.25, 0.3) is 5.91 Å². The molecule has 0 N–H and O–H groups in total. The minimum atomic E-state index is -1.56. The van der Waals surface area contributed by atoms with Gasteiger partial charge in [-0.25, -0.2) is 18.2 Å². The predicted octanol–water partition coefficient (Wildman–Crippen LogP) is 3.10. The van der Waals surface area contributed by atoms with Gasteiger partial charge in [0.15, 0.2) is 17.5 Å².